The molecule has 1 heterocycles. The van der Waals surface area contributed by atoms with Gasteiger partial charge in [-0.25, -0.2) is 9.18 Å². The molecule has 172 valence electrons. The number of carboxylic acid groups (broad SMARTS) is 1. The molecule has 2 aromatic carbocycles. The smallest absolute Gasteiger partial charge is 0.341 e. The first-order chi connectivity index (χ1) is 15.8. The first-order valence-electron chi connectivity index (χ1n) is 9.69. The van der Waals surface area contributed by atoms with E-state index in [2.05, 4.69) is 5.32 Å². The van der Waals surface area contributed by atoms with Crippen molar-refractivity contribution in [3.63, 3.8) is 0 Å². The van der Waals surface area contributed by atoms with E-state index < -0.39 is 42.0 Å². The lowest BCUT2D eigenvalue weighted by molar-refractivity contribution is -0.139. The highest BCUT2D eigenvalue weighted by Crippen LogP contribution is 2.34. The SMILES string of the molecule is CCOc1cc(/C=C2/SC(=O)N(CC(=O)Nc3cccc(F)c3)C2=O)ccc1OCC(=O)O. The molecule has 0 unspecified atom stereocenters. The number of carboxylic acids is 1. The van der Waals surface area contributed by atoms with Gasteiger partial charge in [-0.2, -0.15) is 0 Å². The molecule has 0 saturated carbocycles. The van der Waals surface area contributed by atoms with Crippen LogP contribution >= 0.6 is 11.8 Å². The monoisotopic (exact) mass is 474 g/mol. The van der Waals surface area contributed by atoms with Gasteiger partial charge in [0.05, 0.1) is 11.5 Å². The molecule has 2 N–H and O–H groups in total. The van der Waals surface area contributed by atoms with Crippen LogP contribution in [0.25, 0.3) is 6.08 Å². The fourth-order valence-electron chi connectivity index (χ4n) is 2.84. The third-order valence-electron chi connectivity index (χ3n) is 4.20. The van der Waals surface area contributed by atoms with Crippen LogP contribution in [0.15, 0.2) is 47.4 Å². The number of imide groups is 1. The molecule has 0 radical (unpaired) electrons. The Morgan fingerprint density at radius 2 is 1.94 bits per heavy atom. The minimum absolute atomic E-state index is 0.0974. The standard InChI is InChI=1S/C22H19FN2O7S/c1-2-31-17-8-13(6-7-16(17)32-12-20(27)28)9-18-21(29)25(22(30)33-18)11-19(26)24-15-5-3-4-14(23)10-15/h3-10H,2,11-12H2,1H3,(H,24,26)(H,27,28)/b18-9+. The van der Waals surface area contributed by atoms with E-state index in [1.165, 1.54) is 30.3 Å². The van der Waals surface area contributed by atoms with Gasteiger partial charge >= 0.3 is 5.97 Å². The lowest BCUT2D eigenvalue weighted by atomic mass is 10.2. The Kier molecular flexibility index (Phi) is 7.67. The zero-order chi connectivity index (χ0) is 24.0. The van der Waals surface area contributed by atoms with Crippen molar-refractivity contribution in [1.29, 1.82) is 0 Å². The summed E-state index contributed by atoms with van der Waals surface area (Å²) in [7, 11) is 0. The summed E-state index contributed by atoms with van der Waals surface area (Å²) >= 11 is 0.674. The van der Waals surface area contributed by atoms with Gasteiger partial charge in [-0.15, -0.1) is 0 Å². The Labute approximate surface area is 192 Å². The van der Waals surface area contributed by atoms with E-state index in [-0.39, 0.29) is 22.1 Å². The Morgan fingerprint density at radius 1 is 1.15 bits per heavy atom. The molecule has 1 fully saturated rings. The number of carbonyl (C=O) groups is 4. The van der Waals surface area contributed by atoms with E-state index in [0.717, 1.165) is 11.0 Å². The van der Waals surface area contributed by atoms with Crippen molar-refractivity contribution in [3.8, 4) is 11.5 Å². The van der Waals surface area contributed by atoms with E-state index in [1.807, 2.05) is 0 Å². The third kappa shape index (κ3) is 6.32. The number of ether oxygens (including phenoxy) is 2. The molecule has 9 nitrogen and oxygen atoms in total. The van der Waals surface area contributed by atoms with Crippen molar-refractivity contribution in [3.05, 3.63) is 58.8 Å². The predicted octanol–water partition coefficient (Wildman–Crippen LogP) is 3.36. The number of halogens is 1. The topological polar surface area (TPSA) is 122 Å². The summed E-state index contributed by atoms with van der Waals surface area (Å²) in [5.74, 6) is -2.48. The fraction of sp³-hybridized carbons (Fsp3) is 0.182. The second-order valence-electron chi connectivity index (χ2n) is 6.65. The molecule has 1 aliphatic rings. The number of nitrogens with one attached hydrogen (secondary N) is 1. The van der Waals surface area contributed by atoms with Gasteiger partial charge in [0.25, 0.3) is 11.1 Å². The molecule has 11 heteroatoms. The Balaban J connectivity index is 1.72. The van der Waals surface area contributed by atoms with Crippen LogP contribution < -0.4 is 14.8 Å². The van der Waals surface area contributed by atoms with Crippen molar-refractivity contribution >= 4 is 46.5 Å². The molecule has 3 amide bonds. The molecule has 0 atom stereocenters. The van der Waals surface area contributed by atoms with Crippen LogP contribution in [0.5, 0.6) is 11.5 Å². The highest BCUT2D eigenvalue weighted by Gasteiger charge is 2.36. The molecule has 0 bridgehead atoms. The van der Waals surface area contributed by atoms with E-state index in [0.29, 0.717) is 23.9 Å². The van der Waals surface area contributed by atoms with Crippen LogP contribution in [-0.2, 0) is 14.4 Å². The van der Waals surface area contributed by atoms with Crippen LogP contribution in [0.1, 0.15) is 12.5 Å². The number of carbonyl (C=O) groups excluding carboxylic acids is 3. The summed E-state index contributed by atoms with van der Waals surface area (Å²) in [5.41, 5.74) is 0.715. The minimum Gasteiger partial charge on any atom is -0.490 e. The molecule has 33 heavy (non-hydrogen) atoms. The van der Waals surface area contributed by atoms with Crippen LogP contribution in [-0.4, -0.2) is 52.8 Å². The molecular formula is C22H19FN2O7S. The second kappa shape index (κ2) is 10.6. The Bertz CT molecular complexity index is 1140. The number of hydrogen-bond donors (Lipinski definition) is 2. The van der Waals surface area contributed by atoms with Crippen molar-refractivity contribution in [2.24, 2.45) is 0 Å². The highest BCUT2D eigenvalue weighted by atomic mass is 32.2. The van der Waals surface area contributed by atoms with Crippen LogP contribution in [0.2, 0.25) is 0 Å². The van der Waals surface area contributed by atoms with Gasteiger partial charge in [-0.1, -0.05) is 12.1 Å². The van der Waals surface area contributed by atoms with Crippen molar-refractivity contribution in [1.82, 2.24) is 4.90 Å². The lowest BCUT2D eigenvalue weighted by Gasteiger charge is -2.12. The van der Waals surface area contributed by atoms with Crippen molar-refractivity contribution < 1.29 is 38.1 Å². The fourth-order valence-corrected chi connectivity index (χ4v) is 3.68. The maximum Gasteiger partial charge on any atom is 0.341 e. The number of nitrogens with zero attached hydrogens (tertiary/aromatic N) is 1. The molecule has 1 aliphatic heterocycles. The number of hydrogen-bond acceptors (Lipinski definition) is 7. The number of rotatable bonds is 9. The quantitative estimate of drug-likeness (QED) is 0.531. The molecule has 0 aliphatic carbocycles. The zero-order valence-corrected chi connectivity index (χ0v) is 18.2. The van der Waals surface area contributed by atoms with Gasteiger partial charge in [0.2, 0.25) is 5.91 Å². The van der Waals surface area contributed by atoms with Gasteiger partial charge in [-0.3, -0.25) is 19.3 Å². The number of benzene rings is 2. The molecular weight excluding hydrogens is 455 g/mol. The minimum atomic E-state index is -1.14. The first-order valence-corrected chi connectivity index (χ1v) is 10.5. The lowest BCUT2D eigenvalue weighted by Crippen LogP contribution is -2.36. The number of aliphatic carboxylic acids is 1. The van der Waals surface area contributed by atoms with Gasteiger partial charge in [0.15, 0.2) is 18.1 Å². The van der Waals surface area contributed by atoms with E-state index in [9.17, 15) is 23.6 Å². The molecule has 0 aromatic heterocycles. The summed E-state index contributed by atoms with van der Waals surface area (Å²) < 4.78 is 23.9. The average Bonchev–Trinajstić information content (AvgIpc) is 3.00. The summed E-state index contributed by atoms with van der Waals surface area (Å²) in [4.78, 5) is 48.8. The summed E-state index contributed by atoms with van der Waals surface area (Å²) in [5, 5.41) is 10.6. The van der Waals surface area contributed by atoms with Gasteiger partial charge in [0, 0.05) is 5.69 Å². The Hall–Kier alpha value is -3.86. The number of amides is 3. The van der Waals surface area contributed by atoms with Crippen LogP contribution in [0, 0.1) is 5.82 Å². The van der Waals surface area contributed by atoms with Crippen molar-refractivity contribution in [2.45, 2.75) is 6.92 Å². The van der Waals surface area contributed by atoms with Gasteiger partial charge < -0.3 is 19.9 Å². The highest BCUT2D eigenvalue weighted by molar-refractivity contribution is 8.18. The number of anilines is 1. The van der Waals surface area contributed by atoms with E-state index >= 15 is 0 Å². The second-order valence-corrected chi connectivity index (χ2v) is 7.64. The molecule has 1 saturated heterocycles. The van der Waals surface area contributed by atoms with Crippen LogP contribution in [0.4, 0.5) is 14.9 Å². The first kappa shape index (κ1) is 23.8. The predicted molar refractivity (Wildman–Crippen MR) is 118 cm³/mol. The van der Waals surface area contributed by atoms with Gasteiger partial charge in [-0.05, 0) is 60.7 Å². The van der Waals surface area contributed by atoms with Crippen molar-refractivity contribution in [2.75, 3.05) is 25.1 Å². The largest absolute Gasteiger partial charge is 0.490 e. The molecule has 0 spiro atoms. The third-order valence-corrected chi connectivity index (χ3v) is 5.11. The summed E-state index contributed by atoms with van der Waals surface area (Å²) in [6.07, 6.45) is 1.46. The van der Waals surface area contributed by atoms with Crippen LogP contribution in [0.3, 0.4) is 0 Å². The zero-order valence-electron chi connectivity index (χ0n) is 17.4. The summed E-state index contributed by atoms with van der Waals surface area (Å²) in [6, 6.07) is 9.85. The maximum absolute atomic E-state index is 13.3. The average molecular weight is 474 g/mol. The normalized spacial score (nSPS) is 14.5. The molecule has 3 rings (SSSR count). The van der Waals surface area contributed by atoms with Gasteiger partial charge in [0.1, 0.15) is 12.4 Å². The number of thioether (sulfide) groups is 1. The van der Waals surface area contributed by atoms with E-state index in [4.69, 9.17) is 14.6 Å². The Morgan fingerprint density at radius 3 is 2.64 bits per heavy atom. The van der Waals surface area contributed by atoms with E-state index in [1.54, 1.807) is 19.1 Å². The maximum atomic E-state index is 13.3. The summed E-state index contributed by atoms with van der Waals surface area (Å²) in [6.45, 7) is 0.971. The molecule has 2 aromatic rings.